The zero-order chi connectivity index (χ0) is 15.3. The van der Waals surface area contributed by atoms with Crippen LogP contribution in [0.15, 0.2) is 0 Å². The van der Waals surface area contributed by atoms with E-state index in [4.69, 9.17) is 5.11 Å². The fourth-order valence-corrected chi connectivity index (χ4v) is 2.76. The molecule has 0 aliphatic carbocycles. The molecule has 5 heteroatoms. The Kier molecular flexibility index (Phi) is 5.99. The molecule has 0 saturated carbocycles. The average molecular weight is 284 g/mol. The van der Waals surface area contributed by atoms with Gasteiger partial charge in [0, 0.05) is 18.0 Å². The summed E-state index contributed by atoms with van der Waals surface area (Å²) in [4.78, 5) is 25.2. The molecule has 0 radical (unpaired) electrons. The van der Waals surface area contributed by atoms with Gasteiger partial charge in [0.05, 0.1) is 6.04 Å². The van der Waals surface area contributed by atoms with Crippen LogP contribution in [0.1, 0.15) is 59.8 Å². The van der Waals surface area contributed by atoms with Crippen molar-refractivity contribution in [3.63, 3.8) is 0 Å². The van der Waals surface area contributed by atoms with Gasteiger partial charge >= 0.3 is 5.97 Å². The van der Waals surface area contributed by atoms with Crippen LogP contribution in [0.25, 0.3) is 0 Å². The number of hydrogen-bond acceptors (Lipinski definition) is 3. The number of hydrogen-bond donors (Lipinski definition) is 2. The van der Waals surface area contributed by atoms with Crippen LogP contribution in [0, 0.1) is 0 Å². The number of carboxylic acids is 1. The lowest BCUT2D eigenvalue weighted by molar-refractivity contribution is -0.137. The third-order valence-electron chi connectivity index (χ3n) is 3.74. The zero-order valence-electron chi connectivity index (χ0n) is 13.1. The van der Waals surface area contributed by atoms with E-state index in [1.54, 1.807) is 0 Å². The van der Waals surface area contributed by atoms with Gasteiger partial charge in [0.15, 0.2) is 0 Å². The summed E-state index contributed by atoms with van der Waals surface area (Å²) >= 11 is 0. The number of aliphatic carboxylic acids is 1. The lowest BCUT2D eigenvalue weighted by Crippen LogP contribution is -2.55. The van der Waals surface area contributed by atoms with Gasteiger partial charge in [0.1, 0.15) is 0 Å². The minimum Gasteiger partial charge on any atom is -0.481 e. The van der Waals surface area contributed by atoms with Crippen LogP contribution >= 0.6 is 0 Å². The molecule has 20 heavy (non-hydrogen) atoms. The molecule has 1 fully saturated rings. The van der Waals surface area contributed by atoms with E-state index in [1.165, 1.54) is 0 Å². The van der Waals surface area contributed by atoms with E-state index < -0.39 is 5.97 Å². The van der Waals surface area contributed by atoms with Gasteiger partial charge in [-0.3, -0.25) is 14.5 Å². The van der Waals surface area contributed by atoms with Gasteiger partial charge in [-0.25, -0.2) is 0 Å². The summed E-state index contributed by atoms with van der Waals surface area (Å²) in [5, 5.41) is 11.8. The first-order chi connectivity index (χ1) is 9.20. The van der Waals surface area contributed by atoms with Crippen LogP contribution in [-0.4, -0.2) is 46.1 Å². The van der Waals surface area contributed by atoms with Crippen molar-refractivity contribution < 1.29 is 14.7 Å². The fourth-order valence-electron chi connectivity index (χ4n) is 2.76. The Morgan fingerprint density at radius 3 is 2.55 bits per heavy atom. The van der Waals surface area contributed by atoms with Crippen molar-refractivity contribution in [1.82, 2.24) is 10.2 Å². The monoisotopic (exact) mass is 284 g/mol. The number of amides is 1. The fraction of sp³-hybridized carbons (Fsp3) is 0.867. The number of piperidine rings is 1. The summed E-state index contributed by atoms with van der Waals surface area (Å²) in [6.45, 7) is 8.70. The molecule has 0 aromatic carbocycles. The Morgan fingerprint density at radius 1 is 1.35 bits per heavy atom. The van der Waals surface area contributed by atoms with Gasteiger partial charge in [-0.2, -0.15) is 0 Å². The van der Waals surface area contributed by atoms with E-state index in [9.17, 15) is 9.59 Å². The average Bonchev–Trinajstić information content (AvgIpc) is 2.33. The van der Waals surface area contributed by atoms with Crippen molar-refractivity contribution in [1.29, 1.82) is 0 Å². The molecule has 116 valence electrons. The highest BCUT2D eigenvalue weighted by molar-refractivity contribution is 5.82. The van der Waals surface area contributed by atoms with Gasteiger partial charge in [0.2, 0.25) is 5.91 Å². The second-order valence-corrected chi connectivity index (χ2v) is 6.74. The maximum atomic E-state index is 12.3. The summed E-state index contributed by atoms with van der Waals surface area (Å²) in [6.07, 6.45) is 3.99. The maximum Gasteiger partial charge on any atom is 0.303 e. The molecule has 1 amide bonds. The van der Waals surface area contributed by atoms with Crippen LogP contribution in [0.5, 0.6) is 0 Å². The molecular weight excluding hydrogens is 256 g/mol. The molecule has 2 N–H and O–H groups in total. The number of carbonyl (C=O) groups is 2. The molecule has 2 atom stereocenters. The first-order valence-corrected chi connectivity index (χ1v) is 7.50. The van der Waals surface area contributed by atoms with Gasteiger partial charge < -0.3 is 10.4 Å². The Morgan fingerprint density at radius 2 is 2.00 bits per heavy atom. The summed E-state index contributed by atoms with van der Waals surface area (Å²) in [5.41, 5.74) is -0.238. The Bertz CT molecular complexity index is 350. The predicted octanol–water partition coefficient (Wildman–Crippen LogP) is 2.01. The van der Waals surface area contributed by atoms with Crippen LogP contribution < -0.4 is 5.32 Å². The van der Waals surface area contributed by atoms with E-state index in [1.807, 2.05) is 27.7 Å². The van der Waals surface area contributed by atoms with E-state index >= 15 is 0 Å². The zero-order valence-corrected chi connectivity index (χ0v) is 13.1. The minimum absolute atomic E-state index is 0.0275. The lowest BCUT2D eigenvalue weighted by atomic mass is 9.95. The molecule has 2 unspecified atom stereocenters. The van der Waals surface area contributed by atoms with Crippen molar-refractivity contribution in [3.05, 3.63) is 0 Å². The lowest BCUT2D eigenvalue weighted by Gasteiger charge is -2.40. The third-order valence-corrected chi connectivity index (χ3v) is 3.74. The molecule has 1 aliphatic rings. The Hall–Kier alpha value is -1.10. The molecule has 5 nitrogen and oxygen atoms in total. The predicted molar refractivity (Wildman–Crippen MR) is 78.6 cm³/mol. The maximum absolute atomic E-state index is 12.3. The van der Waals surface area contributed by atoms with Gasteiger partial charge in [-0.15, -0.1) is 0 Å². The van der Waals surface area contributed by atoms with E-state index in [0.717, 1.165) is 25.8 Å². The molecule has 1 heterocycles. The molecular formula is C15H28N2O3. The third kappa shape index (κ3) is 5.49. The van der Waals surface area contributed by atoms with Crippen LogP contribution in [-0.2, 0) is 9.59 Å². The van der Waals surface area contributed by atoms with Crippen molar-refractivity contribution in [2.24, 2.45) is 0 Å². The SMILES string of the molecule is CC(C(=O)NC(C)(C)C)N1CCCCC1CCC(=O)O. The topological polar surface area (TPSA) is 69.6 Å². The van der Waals surface area contributed by atoms with Crippen molar-refractivity contribution in [2.45, 2.75) is 77.4 Å². The molecule has 1 rings (SSSR count). The number of likely N-dealkylation sites (tertiary alicyclic amines) is 1. The van der Waals surface area contributed by atoms with Crippen molar-refractivity contribution >= 4 is 11.9 Å². The number of nitrogens with zero attached hydrogens (tertiary/aromatic N) is 1. The largest absolute Gasteiger partial charge is 0.481 e. The highest BCUT2D eigenvalue weighted by Gasteiger charge is 2.31. The minimum atomic E-state index is -0.762. The second-order valence-electron chi connectivity index (χ2n) is 6.74. The number of carbonyl (C=O) groups excluding carboxylic acids is 1. The van der Waals surface area contributed by atoms with Crippen LogP contribution in [0.4, 0.5) is 0 Å². The molecule has 0 aromatic rings. The van der Waals surface area contributed by atoms with E-state index in [2.05, 4.69) is 10.2 Å². The van der Waals surface area contributed by atoms with Gasteiger partial charge in [0.25, 0.3) is 0 Å². The molecule has 0 spiro atoms. The van der Waals surface area contributed by atoms with Crippen molar-refractivity contribution in [3.8, 4) is 0 Å². The molecule has 1 aliphatic heterocycles. The molecule has 1 saturated heterocycles. The Balaban J connectivity index is 2.64. The standard InChI is InChI=1S/C15H28N2O3/c1-11(14(20)16-15(2,3)4)17-10-6-5-7-12(17)8-9-13(18)19/h11-12H,5-10H2,1-4H3,(H,16,20)(H,18,19). The Labute approximate surface area is 121 Å². The van der Waals surface area contributed by atoms with Gasteiger partial charge in [-0.1, -0.05) is 6.42 Å². The highest BCUT2D eigenvalue weighted by atomic mass is 16.4. The summed E-state index contributed by atoms with van der Waals surface area (Å²) in [7, 11) is 0. The molecule has 0 bridgehead atoms. The summed E-state index contributed by atoms with van der Waals surface area (Å²) < 4.78 is 0. The summed E-state index contributed by atoms with van der Waals surface area (Å²) in [5.74, 6) is -0.734. The number of carboxylic acid groups (broad SMARTS) is 1. The quantitative estimate of drug-likeness (QED) is 0.810. The second kappa shape index (κ2) is 7.07. The van der Waals surface area contributed by atoms with Gasteiger partial charge in [-0.05, 0) is 53.5 Å². The normalized spacial score (nSPS) is 22.3. The van der Waals surface area contributed by atoms with E-state index in [-0.39, 0.29) is 30.0 Å². The first-order valence-electron chi connectivity index (χ1n) is 7.50. The van der Waals surface area contributed by atoms with Crippen LogP contribution in [0.3, 0.4) is 0 Å². The highest BCUT2D eigenvalue weighted by Crippen LogP contribution is 2.23. The van der Waals surface area contributed by atoms with Crippen molar-refractivity contribution in [2.75, 3.05) is 6.54 Å². The number of rotatable bonds is 5. The smallest absolute Gasteiger partial charge is 0.303 e. The van der Waals surface area contributed by atoms with Crippen LogP contribution in [0.2, 0.25) is 0 Å². The number of nitrogens with one attached hydrogen (secondary N) is 1. The van der Waals surface area contributed by atoms with E-state index in [0.29, 0.717) is 6.42 Å². The molecule has 0 aromatic heterocycles. The first kappa shape index (κ1) is 17.0. The summed E-state index contributed by atoms with van der Waals surface area (Å²) in [6, 6.07) is 0.00823.